The molecule has 0 amide bonds. The van der Waals surface area contributed by atoms with Crippen molar-refractivity contribution in [2.45, 2.75) is 13.2 Å². The maximum atomic E-state index is 5.76. The normalized spacial score (nSPS) is 10.2. The summed E-state index contributed by atoms with van der Waals surface area (Å²) in [6.07, 6.45) is 1.66. The predicted molar refractivity (Wildman–Crippen MR) is 81.6 cm³/mol. The number of pyridine rings is 1. The van der Waals surface area contributed by atoms with E-state index in [0.717, 1.165) is 16.9 Å². The van der Waals surface area contributed by atoms with Gasteiger partial charge in [0.25, 0.3) is 0 Å². The van der Waals surface area contributed by atoms with Gasteiger partial charge in [-0.15, -0.1) is 0 Å². The molecular formula is C15H16N2O2S. The molecular weight excluding hydrogens is 272 g/mol. The fourth-order valence-electron chi connectivity index (χ4n) is 1.83. The molecule has 1 aromatic carbocycles. The maximum Gasteiger partial charge on any atom is 0.123 e. The van der Waals surface area contributed by atoms with Gasteiger partial charge in [-0.25, -0.2) is 0 Å². The van der Waals surface area contributed by atoms with E-state index in [4.69, 9.17) is 27.4 Å². The number of rotatable bonds is 6. The molecule has 0 radical (unpaired) electrons. The van der Waals surface area contributed by atoms with Crippen LogP contribution in [0, 0.1) is 0 Å². The van der Waals surface area contributed by atoms with Crippen LogP contribution in [0.15, 0.2) is 42.6 Å². The Morgan fingerprint density at radius 3 is 2.85 bits per heavy atom. The smallest absolute Gasteiger partial charge is 0.123 e. The highest BCUT2D eigenvalue weighted by atomic mass is 32.1. The van der Waals surface area contributed by atoms with E-state index in [1.54, 1.807) is 13.3 Å². The number of methoxy groups -OCH3 is 1. The largest absolute Gasteiger partial charge is 0.489 e. The van der Waals surface area contributed by atoms with Crippen molar-refractivity contribution in [3.05, 3.63) is 59.4 Å². The summed E-state index contributed by atoms with van der Waals surface area (Å²) < 4.78 is 10.9. The molecule has 0 bridgehead atoms. The topological polar surface area (TPSA) is 57.4 Å². The average molecular weight is 288 g/mol. The molecule has 4 nitrogen and oxygen atoms in total. The molecule has 5 heteroatoms. The van der Waals surface area contributed by atoms with Crippen LogP contribution in [0.5, 0.6) is 5.75 Å². The Morgan fingerprint density at radius 1 is 1.25 bits per heavy atom. The van der Waals surface area contributed by atoms with Gasteiger partial charge in [-0.05, 0) is 23.8 Å². The third kappa shape index (κ3) is 3.76. The fraction of sp³-hybridized carbons (Fsp3) is 0.200. The van der Waals surface area contributed by atoms with Crippen molar-refractivity contribution in [2.24, 2.45) is 5.73 Å². The van der Waals surface area contributed by atoms with Crippen molar-refractivity contribution >= 4 is 17.2 Å². The number of hydrogen-bond acceptors (Lipinski definition) is 4. The molecule has 0 aliphatic carbocycles. The zero-order chi connectivity index (χ0) is 14.4. The summed E-state index contributed by atoms with van der Waals surface area (Å²) in [6.45, 7) is 0.930. The molecule has 0 aliphatic heterocycles. The quantitative estimate of drug-likeness (QED) is 0.827. The summed E-state index contributed by atoms with van der Waals surface area (Å²) >= 11 is 4.98. The predicted octanol–water partition coefficient (Wildman–Crippen LogP) is 2.44. The van der Waals surface area contributed by atoms with Crippen LogP contribution in [0.4, 0.5) is 0 Å². The second-order valence-corrected chi connectivity index (χ2v) is 4.68. The number of nitrogens with zero attached hydrogens (tertiary/aromatic N) is 1. The van der Waals surface area contributed by atoms with Crippen molar-refractivity contribution in [1.82, 2.24) is 4.98 Å². The lowest BCUT2D eigenvalue weighted by Crippen LogP contribution is -2.15. The van der Waals surface area contributed by atoms with Gasteiger partial charge in [0.1, 0.15) is 23.0 Å². The summed E-state index contributed by atoms with van der Waals surface area (Å²) in [5, 5.41) is 0. The molecule has 20 heavy (non-hydrogen) atoms. The van der Waals surface area contributed by atoms with Crippen LogP contribution in [-0.4, -0.2) is 17.1 Å². The maximum absolute atomic E-state index is 5.76. The summed E-state index contributed by atoms with van der Waals surface area (Å²) in [4.78, 5) is 4.45. The molecule has 1 heterocycles. The van der Waals surface area contributed by atoms with Crippen LogP contribution in [0.25, 0.3) is 0 Å². The number of hydrogen-bond donors (Lipinski definition) is 1. The minimum Gasteiger partial charge on any atom is -0.489 e. The molecule has 104 valence electrons. The van der Waals surface area contributed by atoms with E-state index in [0.29, 0.717) is 18.9 Å². The monoisotopic (exact) mass is 288 g/mol. The standard InChI is InChI=1S/C15H16N2O2S/c1-18-9-11-4-2-6-13(8-11)19-10-12-5-3-7-17-14(12)15(16)20/h2-8H,9-10H2,1H3,(H2,16,20). The Hall–Kier alpha value is -1.98. The molecule has 0 atom stereocenters. The Kier molecular flexibility index (Phi) is 5.03. The van der Waals surface area contributed by atoms with E-state index >= 15 is 0 Å². The van der Waals surface area contributed by atoms with Crippen LogP contribution in [-0.2, 0) is 18.0 Å². The van der Waals surface area contributed by atoms with E-state index in [1.165, 1.54) is 0 Å². The van der Waals surface area contributed by atoms with Gasteiger partial charge in [-0.3, -0.25) is 4.98 Å². The Morgan fingerprint density at radius 2 is 2.10 bits per heavy atom. The van der Waals surface area contributed by atoms with E-state index in [1.807, 2.05) is 36.4 Å². The highest BCUT2D eigenvalue weighted by molar-refractivity contribution is 7.80. The first-order valence-electron chi connectivity index (χ1n) is 6.15. The molecule has 0 saturated carbocycles. The Labute approximate surface area is 123 Å². The van der Waals surface area contributed by atoms with Crippen molar-refractivity contribution < 1.29 is 9.47 Å². The van der Waals surface area contributed by atoms with E-state index in [9.17, 15) is 0 Å². The Balaban J connectivity index is 2.09. The first-order valence-corrected chi connectivity index (χ1v) is 6.56. The zero-order valence-electron chi connectivity index (χ0n) is 11.2. The van der Waals surface area contributed by atoms with Crippen LogP contribution in [0.1, 0.15) is 16.8 Å². The summed E-state index contributed by atoms with van der Waals surface area (Å²) in [5.41, 5.74) is 8.18. The first kappa shape index (κ1) is 14.4. The number of ether oxygens (including phenoxy) is 2. The number of thiocarbonyl (C=S) groups is 1. The second-order valence-electron chi connectivity index (χ2n) is 4.24. The first-order chi connectivity index (χ1) is 9.70. The van der Waals surface area contributed by atoms with Gasteiger partial charge < -0.3 is 15.2 Å². The summed E-state index contributed by atoms with van der Waals surface area (Å²) in [5.74, 6) is 0.775. The van der Waals surface area contributed by atoms with Gasteiger partial charge >= 0.3 is 0 Å². The molecule has 1 aromatic heterocycles. The lowest BCUT2D eigenvalue weighted by molar-refractivity contribution is 0.184. The molecule has 0 fully saturated rings. The fourth-order valence-corrected chi connectivity index (χ4v) is 2.01. The van der Waals surface area contributed by atoms with Crippen LogP contribution < -0.4 is 10.5 Å². The molecule has 2 N–H and O–H groups in total. The van der Waals surface area contributed by atoms with Crippen LogP contribution >= 0.6 is 12.2 Å². The van der Waals surface area contributed by atoms with Gasteiger partial charge in [0.05, 0.1) is 6.61 Å². The van der Waals surface area contributed by atoms with Crippen LogP contribution in [0.2, 0.25) is 0 Å². The van der Waals surface area contributed by atoms with Gasteiger partial charge in [-0.1, -0.05) is 30.4 Å². The number of aromatic nitrogens is 1. The third-order valence-electron chi connectivity index (χ3n) is 2.73. The molecule has 0 unspecified atom stereocenters. The molecule has 2 rings (SSSR count). The van der Waals surface area contributed by atoms with Crippen molar-refractivity contribution in [3.8, 4) is 5.75 Å². The zero-order valence-corrected chi connectivity index (χ0v) is 12.0. The Bertz CT molecular complexity index is 602. The third-order valence-corrected chi connectivity index (χ3v) is 2.92. The lowest BCUT2D eigenvalue weighted by Gasteiger charge is -2.10. The average Bonchev–Trinajstić information content (AvgIpc) is 2.46. The van der Waals surface area contributed by atoms with Gasteiger partial charge in [0, 0.05) is 18.9 Å². The molecule has 2 aromatic rings. The highest BCUT2D eigenvalue weighted by Gasteiger charge is 2.07. The van der Waals surface area contributed by atoms with E-state index < -0.39 is 0 Å². The molecule has 0 saturated heterocycles. The molecule has 0 spiro atoms. The van der Waals surface area contributed by atoms with E-state index in [-0.39, 0.29) is 4.99 Å². The van der Waals surface area contributed by atoms with Gasteiger partial charge in [-0.2, -0.15) is 0 Å². The minimum atomic E-state index is 0.275. The van der Waals surface area contributed by atoms with Crippen LogP contribution in [0.3, 0.4) is 0 Å². The molecule has 0 aliphatic rings. The highest BCUT2D eigenvalue weighted by Crippen LogP contribution is 2.16. The SMILES string of the molecule is COCc1cccc(OCc2cccnc2C(N)=S)c1. The van der Waals surface area contributed by atoms with Crippen molar-refractivity contribution in [1.29, 1.82) is 0 Å². The van der Waals surface area contributed by atoms with Crippen molar-refractivity contribution in [3.63, 3.8) is 0 Å². The van der Waals surface area contributed by atoms with E-state index in [2.05, 4.69) is 4.98 Å². The number of benzene rings is 1. The minimum absolute atomic E-state index is 0.275. The summed E-state index contributed by atoms with van der Waals surface area (Å²) in [7, 11) is 1.66. The van der Waals surface area contributed by atoms with Gasteiger partial charge in [0.2, 0.25) is 0 Å². The lowest BCUT2D eigenvalue weighted by atomic mass is 10.2. The van der Waals surface area contributed by atoms with Gasteiger partial charge in [0.15, 0.2) is 0 Å². The summed E-state index contributed by atoms with van der Waals surface area (Å²) in [6, 6.07) is 11.5. The van der Waals surface area contributed by atoms with Crippen molar-refractivity contribution in [2.75, 3.05) is 7.11 Å². The number of nitrogens with two attached hydrogens (primary N) is 1. The second kappa shape index (κ2) is 6.98.